The number of fused-ring (bicyclic) bond motifs is 1. The van der Waals surface area contributed by atoms with E-state index in [4.69, 9.17) is 21.8 Å². The fourth-order valence-electron chi connectivity index (χ4n) is 3.16. The van der Waals surface area contributed by atoms with Crippen molar-refractivity contribution in [2.45, 2.75) is 0 Å². The quantitative estimate of drug-likeness (QED) is 0.338. The number of rotatable bonds is 4. The van der Waals surface area contributed by atoms with Crippen molar-refractivity contribution in [3.8, 4) is 28.5 Å². The van der Waals surface area contributed by atoms with E-state index in [0.29, 0.717) is 44.8 Å². The van der Waals surface area contributed by atoms with E-state index in [1.807, 2.05) is 6.07 Å². The van der Waals surface area contributed by atoms with Gasteiger partial charge in [0.05, 0.1) is 17.6 Å². The molecule has 5 rings (SSSR count). The molecule has 0 saturated heterocycles. The summed E-state index contributed by atoms with van der Waals surface area (Å²) in [5.41, 5.74) is 9.11. The molecule has 0 amide bonds. The molecule has 0 aliphatic heterocycles. The minimum atomic E-state index is 0.0987. The lowest BCUT2D eigenvalue weighted by Crippen LogP contribution is -1.98. The summed E-state index contributed by atoms with van der Waals surface area (Å²) < 4.78 is 7.13. The van der Waals surface area contributed by atoms with E-state index in [1.54, 1.807) is 71.4 Å². The number of furan rings is 1. The third-order valence-corrected chi connectivity index (χ3v) is 4.89. The number of phenols is 1. The number of aromatic hydroxyl groups is 1. The van der Waals surface area contributed by atoms with Gasteiger partial charge in [-0.2, -0.15) is 5.11 Å². The van der Waals surface area contributed by atoms with Crippen molar-refractivity contribution in [1.82, 2.24) is 14.6 Å². The zero-order chi connectivity index (χ0) is 21.4. The van der Waals surface area contributed by atoms with E-state index in [-0.39, 0.29) is 11.6 Å². The maximum absolute atomic E-state index is 10.3. The monoisotopic (exact) mass is 430 g/mol. The van der Waals surface area contributed by atoms with Gasteiger partial charge < -0.3 is 15.3 Å². The number of para-hydroxylation sites is 1. The number of aromatic nitrogens is 3. The van der Waals surface area contributed by atoms with Crippen LogP contribution in [0, 0.1) is 0 Å². The fraction of sp³-hybridized carbons (Fsp3) is 0. The molecule has 0 unspecified atom stereocenters. The molecule has 0 saturated carbocycles. The molecule has 3 aromatic heterocycles. The number of nitrogens with zero attached hydrogens (tertiary/aromatic N) is 5. The Hall–Kier alpha value is -4.17. The highest BCUT2D eigenvalue weighted by Gasteiger charge is 2.19. The number of nitrogen functional groups attached to an aromatic ring is 1. The second-order valence-corrected chi connectivity index (χ2v) is 7.10. The molecule has 31 heavy (non-hydrogen) atoms. The van der Waals surface area contributed by atoms with Gasteiger partial charge in [-0.25, -0.2) is 9.50 Å². The molecule has 0 aliphatic carbocycles. The van der Waals surface area contributed by atoms with Gasteiger partial charge in [0.25, 0.3) is 0 Å². The number of nitrogens with two attached hydrogens (primary N) is 1. The van der Waals surface area contributed by atoms with E-state index in [0.717, 1.165) is 0 Å². The smallest absolute Gasteiger partial charge is 0.186 e. The van der Waals surface area contributed by atoms with Crippen LogP contribution in [-0.4, -0.2) is 19.7 Å². The summed E-state index contributed by atoms with van der Waals surface area (Å²) in [5, 5.41) is 23.9. The summed E-state index contributed by atoms with van der Waals surface area (Å²) in [4.78, 5) is 4.67. The zero-order valence-corrected chi connectivity index (χ0v) is 16.7. The molecule has 9 heteroatoms. The van der Waals surface area contributed by atoms with E-state index < -0.39 is 0 Å². The standard InChI is InChI=1S/C22H15ClN6O2/c23-13-7-9-14(10-8-13)26-27-20-21(24)28-29-17(19-6-3-11-31-19)12-16(25-22(20)29)15-4-1-2-5-18(15)30/h1-12,30H,(H2,24,28). The number of phenolic OH excluding ortho intramolecular Hbond substituents is 1. The number of anilines is 1. The Kier molecular flexibility index (Phi) is 4.61. The molecule has 8 nitrogen and oxygen atoms in total. The number of hydrogen-bond acceptors (Lipinski definition) is 7. The zero-order valence-electron chi connectivity index (χ0n) is 16.0. The largest absolute Gasteiger partial charge is 0.507 e. The van der Waals surface area contributed by atoms with Crippen molar-refractivity contribution >= 4 is 34.4 Å². The number of hydrogen-bond donors (Lipinski definition) is 2. The van der Waals surface area contributed by atoms with Gasteiger partial charge in [-0.3, -0.25) is 0 Å². The average molecular weight is 431 g/mol. The topological polar surface area (TPSA) is 114 Å². The Morgan fingerprint density at radius 2 is 1.81 bits per heavy atom. The number of halogens is 1. The molecule has 0 atom stereocenters. The minimum Gasteiger partial charge on any atom is -0.507 e. The first-order valence-electron chi connectivity index (χ1n) is 9.29. The van der Waals surface area contributed by atoms with Crippen LogP contribution in [0.3, 0.4) is 0 Å². The SMILES string of the molecule is Nc1nn2c(-c3ccco3)cc(-c3ccccc3O)nc2c1N=Nc1ccc(Cl)cc1. The summed E-state index contributed by atoms with van der Waals surface area (Å²) >= 11 is 5.92. The third-order valence-electron chi connectivity index (χ3n) is 4.64. The third kappa shape index (κ3) is 3.49. The molecule has 0 fully saturated rings. The van der Waals surface area contributed by atoms with Crippen molar-refractivity contribution in [1.29, 1.82) is 0 Å². The lowest BCUT2D eigenvalue weighted by Gasteiger charge is -2.08. The first-order chi connectivity index (χ1) is 15.1. The molecule has 2 aromatic carbocycles. The van der Waals surface area contributed by atoms with Crippen molar-refractivity contribution in [3.63, 3.8) is 0 Å². The summed E-state index contributed by atoms with van der Waals surface area (Å²) in [5.74, 6) is 0.821. The van der Waals surface area contributed by atoms with Crippen LogP contribution in [0.1, 0.15) is 0 Å². The van der Waals surface area contributed by atoms with E-state index in [1.165, 1.54) is 0 Å². The molecular formula is C22H15ClN6O2. The van der Waals surface area contributed by atoms with Crippen LogP contribution in [0.25, 0.3) is 28.4 Å². The molecule has 0 radical (unpaired) electrons. The second-order valence-electron chi connectivity index (χ2n) is 6.67. The number of azo groups is 1. The van der Waals surface area contributed by atoms with Gasteiger partial charge in [0, 0.05) is 10.6 Å². The average Bonchev–Trinajstić information content (AvgIpc) is 3.41. The van der Waals surface area contributed by atoms with Gasteiger partial charge in [0.2, 0.25) is 0 Å². The van der Waals surface area contributed by atoms with Gasteiger partial charge in [-0.15, -0.1) is 10.2 Å². The maximum Gasteiger partial charge on any atom is 0.186 e. The van der Waals surface area contributed by atoms with Gasteiger partial charge >= 0.3 is 0 Å². The van der Waals surface area contributed by atoms with Crippen LogP contribution >= 0.6 is 11.6 Å². The molecule has 0 aliphatic rings. The van der Waals surface area contributed by atoms with E-state index in [9.17, 15) is 5.11 Å². The van der Waals surface area contributed by atoms with Crippen molar-refractivity contribution < 1.29 is 9.52 Å². The minimum absolute atomic E-state index is 0.0987. The van der Waals surface area contributed by atoms with Crippen LogP contribution in [-0.2, 0) is 0 Å². The Bertz CT molecular complexity index is 1410. The van der Waals surface area contributed by atoms with E-state index in [2.05, 4.69) is 20.3 Å². The van der Waals surface area contributed by atoms with Crippen LogP contribution < -0.4 is 5.73 Å². The highest BCUT2D eigenvalue weighted by Crippen LogP contribution is 2.36. The molecule has 0 bridgehead atoms. The predicted octanol–water partition coefficient (Wildman–Crippen LogP) is 6.01. The number of benzene rings is 2. The molecule has 3 heterocycles. The second kappa shape index (κ2) is 7.58. The highest BCUT2D eigenvalue weighted by molar-refractivity contribution is 6.30. The Labute approximate surface area is 181 Å². The van der Waals surface area contributed by atoms with Crippen molar-refractivity contribution in [2.75, 3.05) is 5.73 Å². The Balaban J connectivity index is 1.73. The molecular weight excluding hydrogens is 416 g/mol. The first kappa shape index (κ1) is 18.8. The lowest BCUT2D eigenvalue weighted by atomic mass is 10.1. The summed E-state index contributed by atoms with van der Waals surface area (Å²) in [7, 11) is 0. The lowest BCUT2D eigenvalue weighted by molar-refractivity contribution is 0.477. The normalized spacial score (nSPS) is 11.5. The van der Waals surface area contributed by atoms with Gasteiger partial charge in [0.1, 0.15) is 11.4 Å². The molecule has 5 aromatic rings. The highest BCUT2D eigenvalue weighted by atomic mass is 35.5. The summed E-state index contributed by atoms with van der Waals surface area (Å²) in [6.07, 6.45) is 1.56. The molecule has 152 valence electrons. The van der Waals surface area contributed by atoms with Crippen LogP contribution in [0.2, 0.25) is 5.02 Å². The van der Waals surface area contributed by atoms with Gasteiger partial charge in [-0.05, 0) is 54.6 Å². The van der Waals surface area contributed by atoms with Gasteiger partial charge in [0.15, 0.2) is 22.9 Å². The van der Waals surface area contributed by atoms with E-state index >= 15 is 0 Å². The fourth-order valence-corrected chi connectivity index (χ4v) is 3.29. The molecule has 0 spiro atoms. The van der Waals surface area contributed by atoms with Crippen molar-refractivity contribution in [2.24, 2.45) is 10.2 Å². The first-order valence-corrected chi connectivity index (χ1v) is 9.67. The predicted molar refractivity (Wildman–Crippen MR) is 118 cm³/mol. The molecule has 3 N–H and O–H groups in total. The summed E-state index contributed by atoms with van der Waals surface area (Å²) in [6, 6.07) is 19.2. The van der Waals surface area contributed by atoms with Crippen LogP contribution in [0.5, 0.6) is 5.75 Å². The van der Waals surface area contributed by atoms with Crippen LogP contribution in [0.15, 0.2) is 87.6 Å². The van der Waals surface area contributed by atoms with Crippen LogP contribution in [0.4, 0.5) is 17.2 Å². The van der Waals surface area contributed by atoms with Crippen molar-refractivity contribution in [3.05, 3.63) is 78.0 Å². The Morgan fingerprint density at radius 1 is 1.00 bits per heavy atom. The maximum atomic E-state index is 10.3. The van der Waals surface area contributed by atoms with Gasteiger partial charge in [-0.1, -0.05) is 23.7 Å². The Morgan fingerprint density at radius 3 is 2.55 bits per heavy atom. The summed E-state index contributed by atoms with van der Waals surface area (Å²) in [6.45, 7) is 0.